The molecule has 0 spiro atoms. The first-order valence-electron chi connectivity index (χ1n) is 7.42. The summed E-state index contributed by atoms with van der Waals surface area (Å²) in [5, 5.41) is 9.42. The molecule has 6 heteroatoms. The van der Waals surface area contributed by atoms with Crippen LogP contribution in [-0.2, 0) is 6.54 Å². The predicted octanol–water partition coefficient (Wildman–Crippen LogP) is 2.97. The smallest absolute Gasteiger partial charge is 0.226 e. The van der Waals surface area contributed by atoms with Gasteiger partial charge in [-0.05, 0) is 37.6 Å². The second-order valence-electron chi connectivity index (χ2n) is 5.58. The van der Waals surface area contributed by atoms with Crippen molar-refractivity contribution in [3.05, 3.63) is 41.8 Å². The number of oxazole rings is 1. The fourth-order valence-corrected chi connectivity index (χ4v) is 2.82. The Bertz CT molecular complexity index is 645. The van der Waals surface area contributed by atoms with Gasteiger partial charge in [-0.3, -0.25) is 4.90 Å². The summed E-state index contributed by atoms with van der Waals surface area (Å²) in [5.41, 5.74) is 1.13. The molecule has 0 bridgehead atoms. The van der Waals surface area contributed by atoms with Gasteiger partial charge in [-0.15, -0.1) is 0 Å². The highest BCUT2D eigenvalue weighted by atomic mass is 19.2. The molecule has 1 N–H and O–H groups in total. The molecule has 22 heavy (non-hydrogen) atoms. The van der Waals surface area contributed by atoms with Crippen LogP contribution in [0.25, 0.3) is 11.5 Å². The molecule has 0 unspecified atom stereocenters. The maximum atomic E-state index is 13.3. The Labute approximate surface area is 127 Å². The van der Waals surface area contributed by atoms with Gasteiger partial charge in [0.25, 0.3) is 0 Å². The Morgan fingerprint density at radius 2 is 2.14 bits per heavy atom. The van der Waals surface area contributed by atoms with Crippen LogP contribution in [0.2, 0.25) is 0 Å². The van der Waals surface area contributed by atoms with Crippen molar-refractivity contribution in [3.63, 3.8) is 0 Å². The van der Waals surface area contributed by atoms with Crippen LogP contribution in [-0.4, -0.2) is 34.2 Å². The molecule has 4 nitrogen and oxygen atoms in total. The summed E-state index contributed by atoms with van der Waals surface area (Å²) in [5.74, 6) is -1.55. The number of piperidine rings is 1. The third-order valence-corrected chi connectivity index (χ3v) is 4.04. The number of hydrogen-bond donors (Lipinski definition) is 1. The van der Waals surface area contributed by atoms with E-state index in [1.807, 2.05) is 0 Å². The van der Waals surface area contributed by atoms with E-state index in [2.05, 4.69) is 9.88 Å². The third kappa shape index (κ3) is 3.18. The highest BCUT2D eigenvalue weighted by Gasteiger charge is 2.22. The Hall–Kier alpha value is -1.79. The van der Waals surface area contributed by atoms with Crippen LogP contribution in [0.3, 0.4) is 0 Å². The van der Waals surface area contributed by atoms with Gasteiger partial charge in [-0.25, -0.2) is 13.8 Å². The Kier molecular flexibility index (Phi) is 4.49. The molecule has 118 valence electrons. The molecule has 1 fully saturated rings. The van der Waals surface area contributed by atoms with Crippen LogP contribution in [0.1, 0.15) is 25.0 Å². The summed E-state index contributed by atoms with van der Waals surface area (Å²) >= 11 is 0. The lowest BCUT2D eigenvalue weighted by Crippen LogP contribution is -2.41. The molecule has 3 rings (SSSR count). The van der Waals surface area contributed by atoms with E-state index >= 15 is 0 Å². The number of aliphatic hydroxyl groups is 1. The van der Waals surface area contributed by atoms with Crippen molar-refractivity contribution in [3.8, 4) is 11.5 Å². The van der Waals surface area contributed by atoms with Gasteiger partial charge in [0.15, 0.2) is 11.6 Å². The first-order valence-corrected chi connectivity index (χ1v) is 7.42. The molecule has 2 aromatic rings. The molecule has 1 aromatic heterocycles. The van der Waals surface area contributed by atoms with Crippen LogP contribution >= 0.6 is 0 Å². The number of halogens is 2. The average Bonchev–Trinajstić information content (AvgIpc) is 2.99. The van der Waals surface area contributed by atoms with Gasteiger partial charge in [0.1, 0.15) is 6.26 Å². The van der Waals surface area contributed by atoms with Crippen molar-refractivity contribution in [2.24, 2.45) is 0 Å². The van der Waals surface area contributed by atoms with Crippen molar-refractivity contribution in [2.75, 3.05) is 13.2 Å². The Balaban J connectivity index is 1.74. The van der Waals surface area contributed by atoms with E-state index < -0.39 is 11.6 Å². The fraction of sp³-hybridized carbons (Fsp3) is 0.438. The van der Waals surface area contributed by atoms with E-state index in [-0.39, 0.29) is 18.5 Å². The molecule has 2 heterocycles. The van der Waals surface area contributed by atoms with Gasteiger partial charge in [0.2, 0.25) is 5.89 Å². The lowest BCUT2D eigenvalue weighted by Gasteiger charge is -2.33. The minimum atomic E-state index is -0.923. The summed E-state index contributed by atoms with van der Waals surface area (Å²) in [6.07, 6.45) is 4.73. The minimum absolute atomic E-state index is 0.133. The van der Waals surface area contributed by atoms with E-state index in [1.165, 1.54) is 12.3 Å². The summed E-state index contributed by atoms with van der Waals surface area (Å²) in [7, 11) is 0. The van der Waals surface area contributed by atoms with Crippen molar-refractivity contribution in [1.29, 1.82) is 0 Å². The molecule has 1 aliphatic rings. The fourth-order valence-electron chi connectivity index (χ4n) is 2.82. The summed E-state index contributed by atoms with van der Waals surface area (Å²) in [6, 6.07) is 3.71. The van der Waals surface area contributed by atoms with E-state index in [0.29, 0.717) is 12.1 Å². The molecule has 0 amide bonds. The number of nitrogens with zero attached hydrogens (tertiary/aromatic N) is 2. The largest absolute Gasteiger partial charge is 0.444 e. The first-order chi connectivity index (χ1) is 10.7. The number of benzene rings is 1. The van der Waals surface area contributed by atoms with Crippen molar-refractivity contribution < 1.29 is 18.3 Å². The van der Waals surface area contributed by atoms with Crippen molar-refractivity contribution >= 4 is 0 Å². The SMILES string of the molecule is OC[C@@H]1CCCCN1Cc1coc(-c2ccc(F)c(F)c2)n1. The molecule has 1 saturated heterocycles. The number of aromatic nitrogens is 1. The van der Waals surface area contributed by atoms with E-state index in [9.17, 15) is 13.9 Å². The monoisotopic (exact) mass is 308 g/mol. The number of aliphatic hydroxyl groups excluding tert-OH is 1. The maximum absolute atomic E-state index is 13.3. The predicted molar refractivity (Wildman–Crippen MR) is 77.0 cm³/mol. The third-order valence-electron chi connectivity index (χ3n) is 4.04. The minimum Gasteiger partial charge on any atom is -0.444 e. The van der Waals surface area contributed by atoms with Crippen LogP contribution in [0.5, 0.6) is 0 Å². The number of rotatable bonds is 4. The molecule has 1 aromatic carbocycles. The molecule has 0 aliphatic carbocycles. The van der Waals surface area contributed by atoms with Gasteiger partial charge in [-0.2, -0.15) is 0 Å². The highest BCUT2D eigenvalue weighted by Crippen LogP contribution is 2.23. The lowest BCUT2D eigenvalue weighted by molar-refractivity contribution is 0.0830. The molecular formula is C16H18F2N2O2. The van der Waals surface area contributed by atoms with Gasteiger partial charge >= 0.3 is 0 Å². The summed E-state index contributed by atoms with van der Waals surface area (Å²) in [4.78, 5) is 6.51. The van der Waals surface area contributed by atoms with Crippen LogP contribution < -0.4 is 0 Å². The molecule has 1 aliphatic heterocycles. The zero-order valence-electron chi connectivity index (χ0n) is 12.1. The molecule has 0 saturated carbocycles. The Morgan fingerprint density at radius 3 is 2.91 bits per heavy atom. The van der Waals surface area contributed by atoms with E-state index in [1.54, 1.807) is 0 Å². The van der Waals surface area contributed by atoms with E-state index in [4.69, 9.17) is 4.42 Å². The standard InChI is InChI=1S/C16H18F2N2O2/c17-14-5-4-11(7-15(14)18)16-19-12(10-22-16)8-20-6-2-1-3-13(20)9-21/h4-5,7,10,13,21H,1-3,6,8-9H2/t13-/m0/s1. The molecular weight excluding hydrogens is 290 g/mol. The Morgan fingerprint density at radius 1 is 1.27 bits per heavy atom. The van der Waals surface area contributed by atoms with Gasteiger partial charge < -0.3 is 9.52 Å². The van der Waals surface area contributed by atoms with Crippen molar-refractivity contribution in [2.45, 2.75) is 31.8 Å². The second-order valence-corrected chi connectivity index (χ2v) is 5.58. The van der Waals surface area contributed by atoms with E-state index in [0.717, 1.165) is 43.6 Å². The zero-order chi connectivity index (χ0) is 15.5. The summed E-state index contributed by atoms with van der Waals surface area (Å²) < 4.78 is 31.6. The zero-order valence-corrected chi connectivity index (χ0v) is 12.1. The molecule has 1 atom stereocenters. The van der Waals surface area contributed by atoms with Crippen LogP contribution in [0, 0.1) is 11.6 Å². The second kappa shape index (κ2) is 6.54. The molecule has 0 radical (unpaired) electrons. The van der Waals surface area contributed by atoms with Gasteiger partial charge in [-0.1, -0.05) is 6.42 Å². The quantitative estimate of drug-likeness (QED) is 0.943. The number of likely N-dealkylation sites (tertiary alicyclic amines) is 1. The maximum Gasteiger partial charge on any atom is 0.226 e. The highest BCUT2D eigenvalue weighted by molar-refractivity contribution is 5.53. The lowest BCUT2D eigenvalue weighted by atomic mass is 10.0. The first kappa shape index (κ1) is 15.1. The van der Waals surface area contributed by atoms with Gasteiger partial charge in [0.05, 0.1) is 12.3 Å². The van der Waals surface area contributed by atoms with Crippen molar-refractivity contribution in [1.82, 2.24) is 9.88 Å². The van der Waals surface area contributed by atoms with Gasteiger partial charge in [0, 0.05) is 18.2 Å². The van der Waals surface area contributed by atoms with Crippen LogP contribution in [0.15, 0.2) is 28.9 Å². The normalized spacial score (nSPS) is 19.5. The topological polar surface area (TPSA) is 49.5 Å². The average molecular weight is 308 g/mol. The summed E-state index contributed by atoms with van der Waals surface area (Å²) in [6.45, 7) is 1.63. The number of hydrogen-bond acceptors (Lipinski definition) is 4. The van der Waals surface area contributed by atoms with Crippen LogP contribution in [0.4, 0.5) is 8.78 Å².